The fraction of sp³-hybridized carbons (Fsp3) is 0.321. The van der Waals surface area contributed by atoms with Gasteiger partial charge >= 0.3 is 0 Å². The minimum Gasteiger partial charge on any atom is -0.390 e. The van der Waals surface area contributed by atoms with Crippen molar-refractivity contribution in [3.63, 3.8) is 0 Å². The van der Waals surface area contributed by atoms with Gasteiger partial charge in [0, 0.05) is 17.3 Å². The number of benzene rings is 3. The van der Waals surface area contributed by atoms with Crippen LogP contribution in [0.3, 0.4) is 0 Å². The van der Waals surface area contributed by atoms with Crippen LogP contribution in [-0.4, -0.2) is 30.3 Å². The maximum absolute atomic E-state index is 13.8. The van der Waals surface area contributed by atoms with Crippen molar-refractivity contribution < 1.29 is 27.1 Å². The molecule has 2 unspecified atom stereocenters. The van der Waals surface area contributed by atoms with Crippen molar-refractivity contribution in [2.45, 2.75) is 48.4 Å². The SMILES string of the molecule is C[C@@]1(O)C2CC[C@H]1CC(S(=O)(=O)c1cc(C(=O)Nc3ccc(F)c(F)c3)c(-c3ccccc3)cc1Cl)C2. The zero-order valence-electron chi connectivity index (χ0n) is 20.0. The molecule has 0 spiro atoms. The molecule has 194 valence electrons. The first-order valence-corrected chi connectivity index (χ1v) is 14.0. The molecule has 2 aliphatic carbocycles. The third-order valence-corrected chi connectivity index (χ3v) is 10.6. The molecule has 5 rings (SSSR count). The van der Waals surface area contributed by atoms with E-state index < -0.39 is 38.2 Å². The Kier molecular flexibility index (Phi) is 6.63. The molecule has 5 nitrogen and oxygen atoms in total. The summed E-state index contributed by atoms with van der Waals surface area (Å²) in [6, 6.07) is 14.6. The van der Waals surface area contributed by atoms with Crippen molar-refractivity contribution in [1.29, 1.82) is 0 Å². The van der Waals surface area contributed by atoms with E-state index >= 15 is 0 Å². The van der Waals surface area contributed by atoms with Crippen LogP contribution in [0, 0.1) is 23.5 Å². The van der Waals surface area contributed by atoms with E-state index in [2.05, 4.69) is 5.32 Å². The Balaban J connectivity index is 1.57. The van der Waals surface area contributed by atoms with Gasteiger partial charge in [0.05, 0.1) is 20.8 Å². The standard InChI is InChI=1S/C28H26ClF2NO4S/c1-28(34)17-7-8-18(28)12-20(11-17)37(35,36)26-15-22(21(14-23(26)29)16-5-3-2-4-6-16)27(33)32-19-9-10-24(30)25(31)13-19/h2-6,9-10,13-15,17-18,20,34H,7-8,11-12H2,1H3,(H,32,33)/t17-,18?,20?,28-/m0/s1. The lowest BCUT2D eigenvalue weighted by atomic mass is 9.76. The smallest absolute Gasteiger partial charge is 0.256 e. The molecule has 9 heteroatoms. The van der Waals surface area contributed by atoms with Crippen molar-refractivity contribution in [3.05, 3.63) is 82.9 Å². The predicted molar refractivity (Wildman–Crippen MR) is 138 cm³/mol. The minimum atomic E-state index is -3.94. The third kappa shape index (κ3) is 4.67. The number of halogens is 3. The fourth-order valence-corrected chi connectivity index (χ4v) is 8.21. The quantitative estimate of drug-likeness (QED) is 0.397. The lowest BCUT2D eigenvalue weighted by Gasteiger charge is -2.40. The summed E-state index contributed by atoms with van der Waals surface area (Å²) >= 11 is 6.55. The van der Waals surface area contributed by atoms with Crippen LogP contribution in [0.1, 0.15) is 43.0 Å². The molecule has 0 heterocycles. The summed E-state index contributed by atoms with van der Waals surface area (Å²) in [7, 11) is -3.94. The fourth-order valence-electron chi connectivity index (χ4n) is 5.79. The van der Waals surface area contributed by atoms with Crippen LogP contribution in [0.25, 0.3) is 11.1 Å². The molecule has 0 aliphatic heterocycles. The molecule has 37 heavy (non-hydrogen) atoms. The highest BCUT2D eigenvalue weighted by molar-refractivity contribution is 7.92. The van der Waals surface area contributed by atoms with E-state index in [4.69, 9.17) is 11.6 Å². The normalized spacial score (nSPS) is 25.2. The molecule has 3 aromatic rings. The maximum atomic E-state index is 13.8. The Morgan fingerprint density at radius 2 is 1.65 bits per heavy atom. The van der Waals surface area contributed by atoms with Crippen LogP contribution in [0.4, 0.5) is 14.5 Å². The Morgan fingerprint density at radius 3 is 2.27 bits per heavy atom. The zero-order valence-corrected chi connectivity index (χ0v) is 21.6. The molecule has 1 amide bonds. The number of hydrogen-bond acceptors (Lipinski definition) is 4. The van der Waals surface area contributed by atoms with Crippen molar-refractivity contribution in [3.8, 4) is 11.1 Å². The van der Waals surface area contributed by atoms with Gasteiger partial charge in [-0.1, -0.05) is 41.9 Å². The summed E-state index contributed by atoms with van der Waals surface area (Å²) in [5.41, 5.74) is 0.201. The van der Waals surface area contributed by atoms with E-state index in [-0.39, 0.29) is 33.0 Å². The molecule has 3 aromatic carbocycles. The Morgan fingerprint density at radius 1 is 1.00 bits per heavy atom. The molecule has 0 radical (unpaired) electrons. The van der Waals surface area contributed by atoms with Gasteiger partial charge in [0.1, 0.15) is 0 Å². The summed E-state index contributed by atoms with van der Waals surface area (Å²) < 4.78 is 54.7. The van der Waals surface area contributed by atoms with E-state index in [0.29, 0.717) is 24.0 Å². The number of aliphatic hydroxyl groups is 1. The van der Waals surface area contributed by atoms with Crippen LogP contribution in [-0.2, 0) is 9.84 Å². The topological polar surface area (TPSA) is 83.5 Å². The van der Waals surface area contributed by atoms with Gasteiger partial charge in [-0.25, -0.2) is 17.2 Å². The summed E-state index contributed by atoms with van der Waals surface area (Å²) in [4.78, 5) is 13.2. The van der Waals surface area contributed by atoms with E-state index in [1.807, 2.05) is 0 Å². The van der Waals surface area contributed by atoms with Crippen LogP contribution in [0.5, 0.6) is 0 Å². The minimum absolute atomic E-state index is 0.00656. The largest absolute Gasteiger partial charge is 0.390 e. The number of carbonyl (C=O) groups excluding carboxylic acids is 1. The average Bonchev–Trinajstić information content (AvgIpc) is 3.02. The number of amides is 1. The zero-order chi connectivity index (χ0) is 26.5. The van der Waals surface area contributed by atoms with Gasteiger partial charge in [0.25, 0.3) is 5.91 Å². The Bertz CT molecular complexity index is 1460. The second-order valence-corrected chi connectivity index (χ2v) is 12.7. The van der Waals surface area contributed by atoms with E-state index in [9.17, 15) is 27.1 Å². The Labute approximate surface area is 219 Å². The van der Waals surface area contributed by atoms with Crippen molar-refractivity contribution in [2.24, 2.45) is 11.8 Å². The lowest BCUT2D eigenvalue weighted by molar-refractivity contribution is -0.0413. The molecule has 0 aromatic heterocycles. The van der Waals surface area contributed by atoms with E-state index in [1.54, 1.807) is 37.3 Å². The molecule has 0 saturated heterocycles. The van der Waals surface area contributed by atoms with Crippen LogP contribution >= 0.6 is 11.6 Å². The first-order valence-electron chi connectivity index (χ1n) is 12.1. The van der Waals surface area contributed by atoms with Gasteiger partial charge in [-0.05, 0) is 79.8 Å². The van der Waals surface area contributed by atoms with Gasteiger partial charge in [-0.15, -0.1) is 0 Å². The first-order chi connectivity index (χ1) is 17.5. The second kappa shape index (κ2) is 9.49. The maximum Gasteiger partial charge on any atom is 0.256 e. The number of carbonyl (C=O) groups is 1. The molecule has 2 bridgehead atoms. The van der Waals surface area contributed by atoms with E-state index in [0.717, 1.165) is 25.0 Å². The first kappa shape index (κ1) is 25.8. The highest BCUT2D eigenvalue weighted by Crippen LogP contribution is 2.52. The number of rotatable bonds is 5. The van der Waals surface area contributed by atoms with Gasteiger partial charge in [0.2, 0.25) is 0 Å². The molecule has 2 N–H and O–H groups in total. The molecular weight excluding hydrogens is 520 g/mol. The summed E-state index contributed by atoms with van der Waals surface area (Å²) in [5, 5.41) is 12.6. The number of fused-ring (bicyclic) bond motifs is 2. The van der Waals surface area contributed by atoms with Crippen LogP contribution in [0.2, 0.25) is 5.02 Å². The van der Waals surface area contributed by atoms with Gasteiger partial charge in [0.15, 0.2) is 21.5 Å². The highest BCUT2D eigenvalue weighted by atomic mass is 35.5. The average molecular weight is 546 g/mol. The molecule has 2 aliphatic rings. The number of nitrogens with one attached hydrogen (secondary N) is 1. The predicted octanol–water partition coefficient (Wildman–Crippen LogP) is 6.25. The third-order valence-electron chi connectivity index (χ3n) is 7.94. The van der Waals surface area contributed by atoms with Crippen molar-refractivity contribution in [1.82, 2.24) is 0 Å². The number of sulfone groups is 1. The summed E-state index contributed by atoms with van der Waals surface area (Å²) in [6.45, 7) is 1.78. The summed E-state index contributed by atoms with van der Waals surface area (Å²) in [5.74, 6) is -3.11. The van der Waals surface area contributed by atoms with E-state index in [1.165, 1.54) is 18.2 Å². The molecule has 2 fully saturated rings. The lowest BCUT2D eigenvalue weighted by Crippen LogP contribution is -2.45. The summed E-state index contributed by atoms with van der Waals surface area (Å²) in [6.07, 6.45) is 2.18. The number of anilines is 1. The monoisotopic (exact) mass is 545 g/mol. The second-order valence-electron chi connectivity index (χ2n) is 10.1. The van der Waals surface area contributed by atoms with Gasteiger partial charge in [-0.3, -0.25) is 4.79 Å². The van der Waals surface area contributed by atoms with Crippen LogP contribution in [0.15, 0.2) is 65.6 Å². The van der Waals surface area contributed by atoms with Crippen molar-refractivity contribution >= 4 is 33.0 Å². The Hall–Kier alpha value is -2.81. The highest BCUT2D eigenvalue weighted by Gasteiger charge is 2.53. The molecular formula is C28H26ClF2NO4S. The molecule has 4 atom stereocenters. The molecule has 2 saturated carbocycles. The van der Waals surface area contributed by atoms with Gasteiger partial charge < -0.3 is 10.4 Å². The van der Waals surface area contributed by atoms with Gasteiger partial charge in [-0.2, -0.15) is 0 Å². The van der Waals surface area contributed by atoms with Crippen LogP contribution < -0.4 is 5.32 Å². The number of hydrogen-bond donors (Lipinski definition) is 2. The van der Waals surface area contributed by atoms with Crippen molar-refractivity contribution in [2.75, 3.05) is 5.32 Å².